The molecule has 3 aromatic rings. The minimum Gasteiger partial charge on any atom is -0.488 e. The van der Waals surface area contributed by atoms with Gasteiger partial charge in [0.05, 0.1) is 12.7 Å². The predicted octanol–water partition coefficient (Wildman–Crippen LogP) is 4.46. The van der Waals surface area contributed by atoms with E-state index in [-0.39, 0.29) is 38.3 Å². The minimum atomic E-state index is -1.16. The Kier molecular flexibility index (Phi) is 9.37. The van der Waals surface area contributed by atoms with Gasteiger partial charge in [0.1, 0.15) is 12.7 Å². The van der Waals surface area contributed by atoms with Crippen LogP contribution in [0.1, 0.15) is 44.4 Å². The maximum absolute atomic E-state index is 14.2. The molecule has 36 heavy (non-hydrogen) atoms. The number of fused-ring (bicyclic) bond motifs is 1. The average molecular weight is 502 g/mol. The summed E-state index contributed by atoms with van der Waals surface area (Å²) in [6.07, 6.45) is -1.73. The number of aliphatic hydroxyl groups excluding tert-OH is 2. The van der Waals surface area contributed by atoms with Crippen molar-refractivity contribution in [1.29, 1.82) is 0 Å². The number of β-amino-alcohol motifs (C(OH)–C–C–N with tert-alkyl or cyclic N) is 1. The van der Waals surface area contributed by atoms with E-state index in [0.29, 0.717) is 5.56 Å². The lowest BCUT2D eigenvalue weighted by Crippen LogP contribution is -2.48. The third-order valence-electron chi connectivity index (χ3n) is 5.98. The van der Waals surface area contributed by atoms with Gasteiger partial charge >= 0.3 is 5.97 Å². The van der Waals surface area contributed by atoms with Crippen molar-refractivity contribution in [1.82, 2.24) is 5.32 Å². The Bertz CT molecular complexity index is 1180. The van der Waals surface area contributed by atoms with E-state index in [4.69, 9.17) is 9.47 Å². The molecule has 6 nitrogen and oxygen atoms in total. The number of benzene rings is 3. The van der Waals surface area contributed by atoms with E-state index in [9.17, 15) is 23.8 Å². The largest absolute Gasteiger partial charge is 0.488 e. The summed E-state index contributed by atoms with van der Waals surface area (Å²) < 4.78 is 38.4. The standard InChI is InChI=1S/C28H33F2NO5/c1-4-35-25(33)12-9-18-13-23(29)26(30)24(14-18)36-17-22(32)16-31-28(2,3)27(34)21-11-10-19-7-5-6-8-20(19)15-21/h5-8,10-11,13-15,22,27,31-32,34H,4,9,12,16-17H2,1-3H3/t22-,27?/m1/s1. The maximum Gasteiger partial charge on any atom is 0.306 e. The second-order valence-corrected chi connectivity index (χ2v) is 9.27. The van der Waals surface area contributed by atoms with Crippen LogP contribution in [0.4, 0.5) is 8.78 Å². The van der Waals surface area contributed by atoms with Gasteiger partial charge in [-0.05, 0) is 67.3 Å². The molecule has 0 aliphatic heterocycles. The number of aryl methyl sites for hydroxylation is 1. The molecule has 3 rings (SSSR count). The molecule has 0 radical (unpaired) electrons. The van der Waals surface area contributed by atoms with Crippen molar-refractivity contribution in [3.05, 3.63) is 77.4 Å². The summed E-state index contributed by atoms with van der Waals surface area (Å²) in [6, 6.07) is 15.9. The molecule has 8 heteroatoms. The summed E-state index contributed by atoms with van der Waals surface area (Å²) in [5.74, 6) is -3.04. The van der Waals surface area contributed by atoms with Gasteiger partial charge in [0.2, 0.25) is 5.82 Å². The zero-order valence-corrected chi connectivity index (χ0v) is 20.8. The van der Waals surface area contributed by atoms with Crippen LogP contribution in [0.25, 0.3) is 10.8 Å². The summed E-state index contributed by atoms with van der Waals surface area (Å²) in [5, 5.41) is 26.5. The van der Waals surface area contributed by atoms with Crippen LogP contribution in [-0.4, -0.2) is 47.6 Å². The molecular formula is C28H33F2NO5. The smallest absolute Gasteiger partial charge is 0.306 e. The Labute approximate surface area is 209 Å². The number of hydrogen-bond acceptors (Lipinski definition) is 6. The van der Waals surface area contributed by atoms with E-state index in [1.165, 1.54) is 6.07 Å². The van der Waals surface area contributed by atoms with Crippen molar-refractivity contribution in [2.45, 2.75) is 51.4 Å². The molecule has 2 atom stereocenters. The van der Waals surface area contributed by atoms with Crippen LogP contribution in [0.2, 0.25) is 0 Å². The first-order chi connectivity index (χ1) is 17.1. The van der Waals surface area contributed by atoms with Crippen molar-refractivity contribution < 1.29 is 33.3 Å². The number of carbonyl (C=O) groups is 1. The van der Waals surface area contributed by atoms with Gasteiger partial charge in [-0.2, -0.15) is 4.39 Å². The fourth-order valence-corrected chi connectivity index (χ4v) is 3.86. The van der Waals surface area contributed by atoms with Crippen LogP contribution < -0.4 is 10.1 Å². The maximum atomic E-state index is 14.2. The average Bonchev–Trinajstić information content (AvgIpc) is 2.86. The van der Waals surface area contributed by atoms with E-state index < -0.39 is 35.4 Å². The van der Waals surface area contributed by atoms with Gasteiger partial charge in [0, 0.05) is 18.5 Å². The third kappa shape index (κ3) is 7.22. The highest BCUT2D eigenvalue weighted by molar-refractivity contribution is 5.83. The number of esters is 1. The fraction of sp³-hybridized carbons (Fsp3) is 0.393. The van der Waals surface area contributed by atoms with Crippen LogP contribution >= 0.6 is 0 Å². The van der Waals surface area contributed by atoms with Gasteiger partial charge in [0.25, 0.3) is 0 Å². The predicted molar refractivity (Wildman–Crippen MR) is 134 cm³/mol. The van der Waals surface area contributed by atoms with Gasteiger partial charge in [-0.25, -0.2) is 4.39 Å². The summed E-state index contributed by atoms with van der Waals surface area (Å²) in [5.41, 5.74) is 0.312. The number of ether oxygens (including phenoxy) is 2. The normalized spacial score (nSPS) is 13.4. The van der Waals surface area contributed by atoms with Gasteiger partial charge < -0.3 is 25.0 Å². The van der Waals surface area contributed by atoms with E-state index in [2.05, 4.69) is 5.32 Å². The van der Waals surface area contributed by atoms with Gasteiger partial charge in [-0.15, -0.1) is 0 Å². The Balaban J connectivity index is 1.56. The van der Waals surface area contributed by atoms with Crippen LogP contribution in [0.5, 0.6) is 5.75 Å². The van der Waals surface area contributed by atoms with Crippen molar-refractivity contribution in [3.8, 4) is 5.75 Å². The van der Waals surface area contributed by atoms with Crippen LogP contribution in [-0.2, 0) is 16.0 Å². The molecule has 0 aliphatic carbocycles. The Hall–Kier alpha value is -3.07. The molecular weight excluding hydrogens is 468 g/mol. The highest BCUT2D eigenvalue weighted by Gasteiger charge is 2.29. The molecule has 194 valence electrons. The number of nitrogens with one attached hydrogen (secondary N) is 1. The van der Waals surface area contributed by atoms with Crippen molar-refractivity contribution in [2.75, 3.05) is 19.8 Å². The molecule has 0 saturated carbocycles. The molecule has 1 unspecified atom stereocenters. The summed E-state index contributed by atoms with van der Waals surface area (Å²) in [7, 11) is 0. The number of hydrogen-bond donors (Lipinski definition) is 3. The minimum absolute atomic E-state index is 0.0273. The van der Waals surface area contributed by atoms with Crippen LogP contribution in [0, 0.1) is 11.6 Å². The molecule has 0 heterocycles. The second-order valence-electron chi connectivity index (χ2n) is 9.27. The molecule has 0 amide bonds. The van der Waals surface area contributed by atoms with E-state index in [1.54, 1.807) is 6.92 Å². The first-order valence-corrected chi connectivity index (χ1v) is 12.0. The molecule has 0 bridgehead atoms. The van der Waals surface area contributed by atoms with Crippen LogP contribution in [0.3, 0.4) is 0 Å². The van der Waals surface area contributed by atoms with Crippen LogP contribution in [0.15, 0.2) is 54.6 Å². The number of carbonyl (C=O) groups excluding carboxylic acids is 1. The lowest BCUT2D eigenvalue weighted by atomic mass is 9.90. The van der Waals surface area contributed by atoms with Crippen molar-refractivity contribution in [2.24, 2.45) is 0 Å². The molecule has 0 fully saturated rings. The second kappa shape index (κ2) is 12.3. The highest BCUT2D eigenvalue weighted by atomic mass is 19.2. The molecule has 0 spiro atoms. The Morgan fingerprint density at radius 1 is 1.06 bits per heavy atom. The third-order valence-corrected chi connectivity index (χ3v) is 5.98. The molecule has 0 aliphatic rings. The number of halogens is 2. The lowest BCUT2D eigenvalue weighted by molar-refractivity contribution is -0.143. The molecule has 0 aromatic heterocycles. The van der Waals surface area contributed by atoms with E-state index in [1.807, 2.05) is 56.3 Å². The van der Waals surface area contributed by atoms with Gasteiger partial charge in [-0.1, -0.05) is 36.4 Å². The highest BCUT2D eigenvalue weighted by Crippen LogP contribution is 2.28. The monoisotopic (exact) mass is 501 g/mol. The Morgan fingerprint density at radius 3 is 2.50 bits per heavy atom. The van der Waals surface area contributed by atoms with Gasteiger partial charge in [0.15, 0.2) is 11.6 Å². The number of rotatable bonds is 12. The van der Waals surface area contributed by atoms with Crippen molar-refractivity contribution >= 4 is 16.7 Å². The van der Waals surface area contributed by atoms with E-state index >= 15 is 0 Å². The first kappa shape index (κ1) is 27.5. The quantitative estimate of drug-likeness (QED) is 0.318. The Morgan fingerprint density at radius 2 is 1.78 bits per heavy atom. The fourth-order valence-electron chi connectivity index (χ4n) is 3.86. The van der Waals surface area contributed by atoms with Crippen molar-refractivity contribution in [3.63, 3.8) is 0 Å². The molecule has 3 N–H and O–H groups in total. The zero-order chi connectivity index (χ0) is 26.3. The summed E-state index contributed by atoms with van der Waals surface area (Å²) >= 11 is 0. The zero-order valence-electron chi connectivity index (χ0n) is 20.8. The topological polar surface area (TPSA) is 88.0 Å². The van der Waals surface area contributed by atoms with E-state index in [0.717, 1.165) is 22.4 Å². The molecule has 0 saturated heterocycles. The lowest BCUT2D eigenvalue weighted by Gasteiger charge is -2.33. The first-order valence-electron chi connectivity index (χ1n) is 12.0. The summed E-state index contributed by atoms with van der Waals surface area (Å²) in [6.45, 7) is 5.29. The SMILES string of the molecule is CCOC(=O)CCc1cc(F)c(F)c(OC[C@H](O)CNC(C)(C)C(O)c2ccc3ccccc3c2)c1. The van der Waals surface area contributed by atoms with Gasteiger partial charge in [-0.3, -0.25) is 4.79 Å². The number of aliphatic hydroxyl groups is 2. The molecule has 3 aromatic carbocycles. The summed E-state index contributed by atoms with van der Waals surface area (Å²) in [4.78, 5) is 11.5.